The number of hydrogen-bond donors (Lipinski definition) is 1. The Labute approximate surface area is 95.5 Å². The second kappa shape index (κ2) is 3.47. The number of anilines is 1. The zero-order valence-electron chi connectivity index (χ0n) is 10.3. The molecule has 0 aromatic carbocycles. The summed E-state index contributed by atoms with van der Waals surface area (Å²) < 4.78 is 2.02. The van der Waals surface area contributed by atoms with Gasteiger partial charge in [-0.15, -0.1) is 0 Å². The molecule has 2 N–H and O–H groups in total. The van der Waals surface area contributed by atoms with Crippen molar-refractivity contribution < 1.29 is 0 Å². The summed E-state index contributed by atoms with van der Waals surface area (Å²) in [6.45, 7) is 8.46. The van der Waals surface area contributed by atoms with Crippen LogP contribution in [0.1, 0.15) is 32.8 Å². The highest BCUT2D eigenvalue weighted by Crippen LogP contribution is 2.28. The lowest BCUT2D eigenvalue weighted by atomic mass is 10.0. The van der Waals surface area contributed by atoms with Gasteiger partial charge in [0.2, 0.25) is 5.95 Å². The molecule has 2 aromatic heterocycles. The smallest absolute Gasteiger partial charge is 0.202 e. The Morgan fingerprint density at radius 2 is 2.12 bits per heavy atom. The highest BCUT2D eigenvalue weighted by Gasteiger charge is 2.24. The quantitative estimate of drug-likeness (QED) is 0.842. The molecule has 86 valence electrons. The molecule has 0 atom stereocenters. The van der Waals surface area contributed by atoms with Crippen molar-refractivity contribution in [1.29, 1.82) is 0 Å². The fourth-order valence-electron chi connectivity index (χ4n) is 1.87. The third-order valence-corrected chi connectivity index (χ3v) is 3.24. The van der Waals surface area contributed by atoms with Crippen LogP contribution in [-0.2, 0) is 5.54 Å². The third kappa shape index (κ3) is 1.45. The van der Waals surface area contributed by atoms with Gasteiger partial charge in [0.05, 0.1) is 0 Å². The Kier molecular flexibility index (Phi) is 2.37. The topological polar surface area (TPSA) is 56.7 Å². The van der Waals surface area contributed by atoms with Crippen LogP contribution in [0.3, 0.4) is 0 Å². The van der Waals surface area contributed by atoms with E-state index in [0.717, 1.165) is 23.1 Å². The van der Waals surface area contributed by atoms with Crippen molar-refractivity contribution >= 4 is 17.1 Å². The molecule has 0 aliphatic rings. The number of rotatable bonds is 2. The first kappa shape index (κ1) is 10.9. The number of aryl methyl sites for hydroxylation is 1. The molecule has 2 heterocycles. The SMILES string of the molecule is CCC(C)(C)n1c(N)nc2c(C)ccnc21. The molecule has 0 radical (unpaired) electrons. The van der Waals surface area contributed by atoms with Crippen LogP contribution in [0.2, 0.25) is 0 Å². The first-order chi connectivity index (χ1) is 7.47. The lowest BCUT2D eigenvalue weighted by Gasteiger charge is -2.26. The number of nitrogen functional groups attached to an aromatic ring is 1. The summed E-state index contributed by atoms with van der Waals surface area (Å²) >= 11 is 0. The van der Waals surface area contributed by atoms with E-state index < -0.39 is 0 Å². The Hall–Kier alpha value is -1.58. The number of nitrogens with zero attached hydrogens (tertiary/aromatic N) is 3. The van der Waals surface area contributed by atoms with Crippen LogP contribution >= 0.6 is 0 Å². The van der Waals surface area contributed by atoms with E-state index in [4.69, 9.17) is 5.73 Å². The zero-order valence-corrected chi connectivity index (χ0v) is 10.3. The molecule has 4 heteroatoms. The maximum atomic E-state index is 6.00. The third-order valence-electron chi connectivity index (χ3n) is 3.24. The van der Waals surface area contributed by atoms with E-state index in [-0.39, 0.29) is 5.54 Å². The summed E-state index contributed by atoms with van der Waals surface area (Å²) in [5.41, 5.74) is 8.84. The van der Waals surface area contributed by atoms with Gasteiger partial charge >= 0.3 is 0 Å². The van der Waals surface area contributed by atoms with Crippen molar-refractivity contribution in [2.75, 3.05) is 5.73 Å². The van der Waals surface area contributed by atoms with Gasteiger partial charge in [-0.3, -0.25) is 4.57 Å². The second-order valence-corrected chi connectivity index (χ2v) is 4.77. The van der Waals surface area contributed by atoms with E-state index in [1.165, 1.54) is 0 Å². The molecule has 0 spiro atoms. The number of nitrogens with two attached hydrogens (primary N) is 1. The summed E-state index contributed by atoms with van der Waals surface area (Å²) in [6.07, 6.45) is 2.79. The van der Waals surface area contributed by atoms with Crippen LogP contribution in [0.15, 0.2) is 12.3 Å². The number of pyridine rings is 1. The molecule has 0 saturated carbocycles. The normalized spacial score (nSPS) is 12.2. The summed E-state index contributed by atoms with van der Waals surface area (Å²) in [5, 5.41) is 0. The molecular weight excluding hydrogens is 200 g/mol. The standard InChI is InChI=1S/C12H18N4/c1-5-12(3,4)16-10-9(15-11(16)13)8(2)6-7-14-10/h6-7H,5H2,1-4H3,(H2,13,15). The van der Waals surface area contributed by atoms with Crippen LogP contribution in [0.4, 0.5) is 5.95 Å². The molecule has 0 saturated heterocycles. The summed E-state index contributed by atoms with van der Waals surface area (Å²) in [5.74, 6) is 0.545. The van der Waals surface area contributed by atoms with E-state index in [9.17, 15) is 0 Å². The average Bonchev–Trinajstić information content (AvgIpc) is 2.57. The minimum atomic E-state index is -0.0559. The van der Waals surface area contributed by atoms with E-state index in [0.29, 0.717) is 5.95 Å². The van der Waals surface area contributed by atoms with Gasteiger partial charge in [-0.25, -0.2) is 9.97 Å². The van der Waals surface area contributed by atoms with Crippen LogP contribution in [0, 0.1) is 6.92 Å². The van der Waals surface area contributed by atoms with Crippen molar-refractivity contribution in [3.05, 3.63) is 17.8 Å². The highest BCUT2D eigenvalue weighted by atomic mass is 15.2. The zero-order chi connectivity index (χ0) is 11.9. The van der Waals surface area contributed by atoms with Gasteiger partial charge in [0, 0.05) is 11.7 Å². The lowest BCUT2D eigenvalue weighted by Crippen LogP contribution is -2.26. The van der Waals surface area contributed by atoms with Crippen LogP contribution < -0.4 is 5.73 Å². The maximum absolute atomic E-state index is 6.00. The van der Waals surface area contributed by atoms with Crippen LogP contribution in [0.25, 0.3) is 11.2 Å². The van der Waals surface area contributed by atoms with Gasteiger partial charge in [0.25, 0.3) is 0 Å². The molecule has 4 nitrogen and oxygen atoms in total. The predicted molar refractivity (Wildman–Crippen MR) is 66.3 cm³/mol. The molecule has 0 aliphatic carbocycles. The van der Waals surface area contributed by atoms with Gasteiger partial charge in [0.15, 0.2) is 5.65 Å². The van der Waals surface area contributed by atoms with E-state index in [2.05, 4.69) is 30.7 Å². The minimum Gasteiger partial charge on any atom is -0.369 e. The van der Waals surface area contributed by atoms with Gasteiger partial charge in [-0.2, -0.15) is 0 Å². The second-order valence-electron chi connectivity index (χ2n) is 4.77. The number of imidazole rings is 1. The molecule has 0 amide bonds. The van der Waals surface area contributed by atoms with E-state index >= 15 is 0 Å². The predicted octanol–water partition coefficient (Wildman–Crippen LogP) is 2.47. The van der Waals surface area contributed by atoms with Gasteiger partial charge < -0.3 is 5.73 Å². The molecule has 0 aliphatic heterocycles. The fourth-order valence-corrected chi connectivity index (χ4v) is 1.87. The Bertz CT molecular complexity index is 525. The minimum absolute atomic E-state index is 0.0559. The summed E-state index contributed by atoms with van der Waals surface area (Å²) in [6, 6.07) is 1.96. The van der Waals surface area contributed by atoms with Gasteiger partial charge in [-0.1, -0.05) is 6.92 Å². The van der Waals surface area contributed by atoms with E-state index in [1.54, 1.807) is 6.20 Å². The molecule has 0 bridgehead atoms. The van der Waals surface area contributed by atoms with Gasteiger partial charge in [-0.05, 0) is 38.8 Å². The molecule has 0 fully saturated rings. The fraction of sp³-hybridized carbons (Fsp3) is 0.500. The Morgan fingerprint density at radius 3 is 2.75 bits per heavy atom. The summed E-state index contributed by atoms with van der Waals surface area (Å²) in [7, 11) is 0. The highest BCUT2D eigenvalue weighted by molar-refractivity contribution is 5.77. The largest absolute Gasteiger partial charge is 0.369 e. The molecule has 2 rings (SSSR count). The number of aromatic nitrogens is 3. The van der Waals surface area contributed by atoms with Gasteiger partial charge in [0.1, 0.15) is 5.52 Å². The molecular formula is C12H18N4. The average molecular weight is 218 g/mol. The summed E-state index contributed by atoms with van der Waals surface area (Å²) in [4.78, 5) is 8.80. The molecule has 0 unspecified atom stereocenters. The van der Waals surface area contributed by atoms with Crippen molar-refractivity contribution in [1.82, 2.24) is 14.5 Å². The van der Waals surface area contributed by atoms with E-state index in [1.807, 2.05) is 17.6 Å². The van der Waals surface area contributed by atoms with Crippen LogP contribution in [0.5, 0.6) is 0 Å². The first-order valence-electron chi connectivity index (χ1n) is 5.57. The lowest BCUT2D eigenvalue weighted by molar-refractivity contribution is 0.355. The van der Waals surface area contributed by atoms with Crippen LogP contribution in [-0.4, -0.2) is 14.5 Å². The molecule has 16 heavy (non-hydrogen) atoms. The number of fused-ring (bicyclic) bond motifs is 1. The number of hydrogen-bond acceptors (Lipinski definition) is 3. The van der Waals surface area contributed by atoms with Crippen molar-refractivity contribution in [2.45, 2.75) is 39.7 Å². The Morgan fingerprint density at radius 1 is 1.44 bits per heavy atom. The Balaban J connectivity index is 2.80. The molecule has 2 aromatic rings. The van der Waals surface area contributed by atoms with Crippen molar-refractivity contribution in [3.8, 4) is 0 Å². The monoisotopic (exact) mass is 218 g/mol. The van der Waals surface area contributed by atoms with Crippen molar-refractivity contribution in [3.63, 3.8) is 0 Å². The first-order valence-corrected chi connectivity index (χ1v) is 5.57. The van der Waals surface area contributed by atoms with Crippen molar-refractivity contribution in [2.24, 2.45) is 0 Å². The maximum Gasteiger partial charge on any atom is 0.202 e.